The lowest BCUT2D eigenvalue weighted by Crippen LogP contribution is -2.17. The molecule has 16 heavy (non-hydrogen) atoms. The van der Waals surface area contributed by atoms with Crippen LogP contribution < -0.4 is 5.73 Å². The summed E-state index contributed by atoms with van der Waals surface area (Å²) in [4.78, 5) is 4.60. The molecule has 0 amide bonds. The van der Waals surface area contributed by atoms with Crippen molar-refractivity contribution >= 4 is 11.0 Å². The van der Waals surface area contributed by atoms with Crippen molar-refractivity contribution in [1.29, 1.82) is 0 Å². The van der Waals surface area contributed by atoms with Gasteiger partial charge in [0.25, 0.3) is 0 Å². The van der Waals surface area contributed by atoms with Crippen LogP contribution in [0.5, 0.6) is 0 Å². The van der Waals surface area contributed by atoms with Crippen LogP contribution in [0, 0.1) is 5.92 Å². The predicted octanol–water partition coefficient (Wildman–Crippen LogP) is 2.62. The molecule has 1 aromatic carbocycles. The molecule has 1 heterocycles. The van der Waals surface area contributed by atoms with Crippen LogP contribution in [0.2, 0.25) is 0 Å². The van der Waals surface area contributed by atoms with Crippen molar-refractivity contribution in [2.75, 3.05) is 0 Å². The third-order valence-corrected chi connectivity index (χ3v) is 2.88. The van der Waals surface area contributed by atoms with Gasteiger partial charge in [0.1, 0.15) is 5.82 Å². The third kappa shape index (κ3) is 1.95. The van der Waals surface area contributed by atoms with Crippen LogP contribution in [0.25, 0.3) is 11.0 Å². The highest BCUT2D eigenvalue weighted by molar-refractivity contribution is 5.75. The van der Waals surface area contributed by atoms with Gasteiger partial charge in [-0.1, -0.05) is 26.0 Å². The first kappa shape index (κ1) is 11.1. The summed E-state index contributed by atoms with van der Waals surface area (Å²) in [6, 6.07) is 8.17. The summed E-state index contributed by atoms with van der Waals surface area (Å²) in [7, 11) is 2.03. The Bertz CT molecular complexity index is 485. The van der Waals surface area contributed by atoms with Gasteiger partial charge in [-0.05, 0) is 24.5 Å². The Labute approximate surface area is 96.3 Å². The first-order chi connectivity index (χ1) is 7.59. The fraction of sp³-hybridized carbons (Fsp3) is 0.462. The molecule has 0 radical (unpaired) electrons. The number of aromatic nitrogens is 2. The second kappa shape index (κ2) is 4.26. The monoisotopic (exact) mass is 217 g/mol. The minimum absolute atomic E-state index is 0.0254. The van der Waals surface area contributed by atoms with E-state index < -0.39 is 0 Å². The summed E-state index contributed by atoms with van der Waals surface area (Å²) < 4.78 is 2.10. The molecule has 1 aromatic heterocycles. The Morgan fingerprint density at radius 3 is 2.62 bits per heavy atom. The summed E-state index contributed by atoms with van der Waals surface area (Å²) in [5.41, 5.74) is 8.35. The number of nitrogens with zero attached hydrogens (tertiary/aromatic N) is 2. The molecule has 0 saturated carbocycles. The van der Waals surface area contributed by atoms with Gasteiger partial charge in [0.2, 0.25) is 0 Å². The van der Waals surface area contributed by atoms with Crippen molar-refractivity contribution in [2.45, 2.75) is 26.3 Å². The molecular weight excluding hydrogens is 198 g/mol. The second-order valence-corrected chi connectivity index (χ2v) is 4.75. The number of nitrogens with two attached hydrogens (primary N) is 1. The Hall–Kier alpha value is -1.35. The zero-order valence-electron chi connectivity index (χ0n) is 10.1. The molecule has 0 spiro atoms. The zero-order valence-corrected chi connectivity index (χ0v) is 10.1. The largest absolute Gasteiger partial charge is 0.330 e. The summed E-state index contributed by atoms with van der Waals surface area (Å²) in [6.45, 7) is 4.37. The lowest BCUT2D eigenvalue weighted by atomic mass is 10.0. The molecule has 2 rings (SSSR count). The third-order valence-electron chi connectivity index (χ3n) is 2.88. The van der Waals surface area contributed by atoms with Gasteiger partial charge < -0.3 is 10.3 Å². The molecule has 3 heteroatoms. The zero-order chi connectivity index (χ0) is 11.7. The molecule has 1 atom stereocenters. The quantitative estimate of drug-likeness (QED) is 0.858. The van der Waals surface area contributed by atoms with Crippen LogP contribution in [0.3, 0.4) is 0 Å². The molecule has 0 fully saturated rings. The van der Waals surface area contributed by atoms with Crippen molar-refractivity contribution in [2.24, 2.45) is 18.7 Å². The predicted molar refractivity (Wildman–Crippen MR) is 67.1 cm³/mol. The van der Waals surface area contributed by atoms with Crippen molar-refractivity contribution < 1.29 is 0 Å². The van der Waals surface area contributed by atoms with E-state index in [0.29, 0.717) is 5.92 Å². The van der Waals surface area contributed by atoms with E-state index in [4.69, 9.17) is 5.73 Å². The van der Waals surface area contributed by atoms with Gasteiger partial charge in [-0.15, -0.1) is 0 Å². The van der Waals surface area contributed by atoms with Crippen LogP contribution >= 0.6 is 0 Å². The van der Waals surface area contributed by atoms with Gasteiger partial charge >= 0.3 is 0 Å². The number of aryl methyl sites for hydroxylation is 1. The topological polar surface area (TPSA) is 43.8 Å². The van der Waals surface area contributed by atoms with Crippen LogP contribution in [0.15, 0.2) is 24.3 Å². The molecule has 0 unspecified atom stereocenters. The Kier molecular flexibility index (Phi) is 2.97. The first-order valence-corrected chi connectivity index (χ1v) is 5.76. The highest BCUT2D eigenvalue weighted by atomic mass is 15.1. The fourth-order valence-corrected chi connectivity index (χ4v) is 2.11. The van der Waals surface area contributed by atoms with Crippen molar-refractivity contribution in [3.8, 4) is 0 Å². The van der Waals surface area contributed by atoms with Crippen LogP contribution in [-0.2, 0) is 7.05 Å². The normalized spacial score (nSPS) is 13.6. The van der Waals surface area contributed by atoms with Crippen molar-refractivity contribution in [3.63, 3.8) is 0 Å². The lowest BCUT2D eigenvalue weighted by Gasteiger charge is -2.13. The number of hydrogen-bond acceptors (Lipinski definition) is 2. The van der Waals surface area contributed by atoms with E-state index in [2.05, 4.69) is 29.5 Å². The molecule has 2 N–H and O–H groups in total. The van der Waals surface area contributed by atoms with Crippen LogP contribution in [0.4, 0.5) is 0 Å². The number of rotatable bonds is 3. The number of imidazole rings is 1. The minimum Gasteiger partial charge on any atom is -0.330 e. The maximum absolute atomic E-state index is 6.18. The molecule has 0 aliphatic carbocycles. The number of benzene rings is 1. The lowest BCUT2D eigenvalue weighted by molar-refractivity contribution is 0.485. The molecule has 0 saturated heterocycles. The van der Waals surface area contributed by atoms with Gasteiger partial charge in [-0.25, -0.2) is 4.98 Å². The fourth-order valence-electron chi connectivity index (χ4n) is 2.11. The minimum atomic E-state index is 0.0254. The number of fused-ring (bicyclic) bond motifs is 1. The average molecular weight is 217 g/mol. The highest BCUT2D eigenvalue weighted by Crippen LogP contribution is 2.22. The van der Waals surface area contributed by atoms with Crippen molar-refractivity contribution in [3.05, 3.63) is 30.1 Å². The van der Waals surface area contributed by atoms with Gasteiger partial charge in [-0.2, -0.15) is 0 Å². The van der Waals surface area contributed by atoms with Crippen LogP contribution in [-0.4, -0.2) is 9.55 Å². The molecule has 0 aliphatic heterocycles. The smallest absolute Gasteiger partial charge is 0.126 e. The summed E-state index contributed by atoms with van der Waals surface area (Å²) in [5, 5.41) is 0. The number of para-hydroxylation sites is 2. The summed E-state index contributed by atoms with van der Waals surface area (Å²) in [5.74, 6) is 1.57. The molecule has 86 valence electrons. The Morgan fingerprint density at radius 1 is 1.31 bits per heavy atom. The van der Waals surface area contributed by atoms with Gasteiger partial charge in [-0.3, -0.25) is 0 Å². The maximum Gasteiger partial charge on any atom is 0.126 e. The van der Waals surface area contributed by atoms with E-state index in [1.807, 2.05) is 25.2 Å². The second-order valence-electron chi connectivity index (χ2n) is 4.75. The molecular formula is C13H19N3. The molecule has 3 nitrogen and oxygen atoms in total. The van der Waals surface area contributed by atoms with E-state index in [1.54, 1.807) is 0 Å². The van der Waals surface area contributed by atoms with Gasteiger partial charge in [0, 0.05) is 7.05 Å². The van der Waals surface area contributed by atoms with E-state index in [9.17, 15) is 0 Å². The SMILES string of the molecule is CC(C)C[C@H](N)c1nc2ccccc2n1C. The van der Waals surface area contributed by atoms with E-state index in [1.165, 1.54) is 0 Å². The van der Waals surface area contributed by atoms with E-state index >= 15 is 0 Å². The van der Waals surface area contributed by atoms with Gasteiger partial charge in [0.05, 0.1) is 17.1 Å². The van der Waals surface area contributed by atoms with Gasteiger partial charge in [0.15, 0.2) is 0 Å². The number of hydrogen-bond donors (Lipinski definition) is 1. The summed E-state index contributed by atoms with van der Waals surface area (Å²) in [6.07, 6.45) is 0.969. The average Bonchev–Trinajstić information content (AvgIpc) is 2.56. The van der Waals surface area contributed by atoms with E-state index in [0.717, 1.165) is 23.3 Å². The Morgan fingerprint density at radius 2 is 2.00 bits per heavy atom. The Balaban J connectivity index is 2.41. The first-order valence-electron chi connectivity index (χ1n) is 5.76. The maximum atomic E-state index is 6.18. The molecule has 0 bridgehead atoms. The molecule has 2 aromatic rings. The van der Waals surface area contributed by atoms with Crippen molar-refractivity contribution in [1.82, 2.24) is 9.55 Å². The molecule has 0 aliphatic rings. The highest BCUT2D eigenvalue weighted by Gasteiger charge is 2.15. The van der Waals surface area contributed by atoms with Crippen LogP contribution in [0.1, 0.15) is 32.1 Å². The summed E-state index contributed by atoms with van der Waals surface area (Å²) >= 11 is 0. The standard InChI is InChI=1S/C13H19N3/c1-9(2)8-10(14)13-15-11-6-4-5-7-12(11)16(13)3/h4-7,9-10H,8,14H2,1-3H3/t10-/m0/s1. The van der Waals surface area contributed by atoms with E-state index in [-0.39, 0.29) is 6.04 Å².